The molecular weight excluding hydrogens is 239 g/mol. The van der Waals surface area contributed by atoms with Crippen LogP contribution in [0.2, 0.25) is 0 Å². The topological polar surface area (TPSA) is 17.1 Å². The predicted molar refractivity (Wildman–Crippen MR) is 74.7 cm³/mol. The Kier molecular flexibility index (Phi) is 2.84. The van der Waals surface area contributed by atoms with Crippen LogP contribution in [-0.2, 0) is 0 Å². The van der Waals surface area contributed by atoms with Crippen molar-refractivity contribution < 1.29 is 9.18 Å². The quantitative estimate of drug-likeness (QED) is 0.614. The number of rotatable bonds is 2. The van der Waals surface area contributed by atoms with Gasteiger partial charge in [0, 0.05) is 5.56 Å². The van der Waals surface area contributed by atoms with Gasteiger partial charge in [0.1, 0.15) is 12.1 Å². The summed E-state index contributed by atoms with van der Waals surface area (Å²) in [6, 6.07) is 18.3. The van der Waals surface area contributed by atoms with E-state index < -0.39 is 5.82 Å². The lowest BCUT2D eigenvalue weighted by Crippen LogP contribution is -1.86. The first-order chi connectivity index (χ1) is 9.26. The molecule has 1 nitrogen and oxygen atoms in total. The molecule has 0 fully saturated rings. The largest absolute Gasteiger partial charge is 0.298 e. The standard InChI is InChI=1S/C17H11FO/c18-17-8-12(11-19)7-16(10-17)15-6-5-13-3-1-2-4-14(13)9-15/h1-11H. The molecule has 0 saturated heterocycles. The van der Waals surface area contributed by atoms with Crippen LogP contribution in [0.15, 0.2) is 60.7 Å². The second kappa shape index (κ2) is 4.65. The molecule has 0 N–H and O–H groups in total. The van der Waals surface area contributed by atoms with E-state index in [1.807, 2.05) is 42.5 Å². The molecule has 0 spiro atoms. The summed E-state index contributed by atoms with van der Waals surface area (Å²) in [7, 11) is 0. The molecule has 19 heavy (non-hydrogen) atoms. The molecule has 0 unspecified atom stereocenters. The summed E-state index contributed by atoms with van der Waals surface area (Å²) < 4.78 is 13.5. The van der Waals surface area contributed by atoms with Crippen molar-refractivity contribution in [3.05, 3.63) is 72.0 Å². The highest BCUT2D eigenvalue weighted by molar-refractivity contribution is 5.88. The fourth-order valence-corrected chi connectivity index (χ4v) is 2.22. The normalized spacial score (nSPS) is 10.6. The molecule has 92 valence electrons. The van der Waals surface area contributed by atoms with E-state index in [4.69, 9.17) is 0 Å². The van der Waals surface area contributed by atoms with Crippen molar-refractivity contribution in [2.24, 2.45) is 0 Å². The second-order valence-corrected chi connectivity index (χ2v) is 4.45. The molecule has 0 radical (unpaired) electrons. The zero-order valence-electron chi connectivity index (χ0n) is 10.1. The number of carbonyl (C=O) groups is 1. The molecule has 0 aliphatic rings. The number of halogens is 1. The SMILES string of the molecule is O=Cc1cc(F)cc(-c2ccc3ccccc3c2)c1. The third-order valence-corrected chi connectivity index (χ3v) is 3.14. The minimum absolute atomic E-state index is 0.350. The predicted octanol–water partition coefficient (Wildman–Crippen LogP) is 4.46. The molecule has 0 heterocycles. The van der Waals surface area contributed by atoms with Crippen LogP contribution >= 0.6 is 0 Å². The molecule has 3 aromatic rings. The van der Waals surface area contributed by atoms with Gasteiger partial charge in [0.25, 0.3) is 0 Å². The number of hydrogen-bond donors (Lipinski definition) is 0. The van der Waals surface area contributed by atoms with E-state index in [2.05, 4.69) is 0 Å². The lowest BCUT2D eigenvalue weighted by molar-refractivity contribution is 0.112. The summed E-state index contributed by atoms with van der Waals surface area (Å²) in [5.41, 5.74) is 1.97. The van der Waals surface area contributed by atoms with Crippen LogP contribution in [0, 0.1) is 5.82 Å². The average molecular weight is 250 g/mol. The molecule has 0 aliphatic carbocycles. The molecule has 0 amide bonds. The Morgan fingerprint density at radius 2 is 1.58 bits per heavy atom. The van der Waals surface area contributed by atoms with Gasteiger partial charge in [0.15, 0.2) is 0 Å². The first-order valence-electron chi connectivity index (χ1n) is 6.01. The van der Waals surface area contributed by atoms with Gasteiger partial charge in [0.2, 0.25) is 0 Å². The van der Waals surface area contributed by atoms with Crippen LogP contribution in [-0.4, -0.2) is 6.29 Å². The first kappa shape index (κ1) is 11.6. The minimum atomic E-state index is -0.396. The first-order valence-corrected chi connectivity index (χ1v) is 6.01. The number of fused-ring (bicyclic) bond motifs is 1. The van der Waals surface area contributed by atoms with Crippen molar-refractivity contribution in [1.29, 1.82) is 0 Å². The Morgan fingerprint density at radius 3 is 2.37 bits per heavy atom. The van der Waals surface area contributed by atoms with Crippen LogP contribution in [0.25, 0.3) is 21.9 Å². The lowest BCUT2D eigenvalue weighted by atomic mass is 10.00. The van der Waals surface area contributed by atoms with E-state index in [0.717, 1.165) is 16.3 Å². The average Bonchev–Trinajstić information content (AvgIpc) is 2.46. The van der Waals surface area contributed by atoms with Crippen molar-refractivity contribution in [1.82, 2.24) is 0 Å². The van der Waals surface area contributed by atoms with Gasteiger partial charge in [-0.05, 0) is 46.2 Å². The smallest absolute Gasteiger partial charge is 0.150 e. The number of benzene rings is 3. The van der Waals surface area contributed by atoms with Gasteiger partial charge >= 0.3 is 0 Å². The summed E-state index contributed by atoms with van der Waals surface area (Å²) in [5.74, 6) is -0.396. The Bertz CT molecular complexity index is 762. The number of aldehydes is 1. The number of carbonyl (C=O) groups excluding carboxylic acids is 1. The maximum atomic E-state index is 13.5. The van der Waals surface area contributed by atoms with E-state index in [-0.39, 0.29) is 0 Å². The summed E-state index contributed by atoms with van der Waals surface area (Å²) >= 11 is 0. The van der Waals surface area contributed by atoms with Gasteiger partial charge in [-0.3, -0.25) is 4.79 Å². The molecule has 0 saturated carbocycles. The summed E-state index contributed by atoms with van der Waals surface area (Å²) in [5, 5.41) is 2.23. The fourth-order valence-electron chi connectivity index (χ4n) is 2.22. The molecule has 0 bridgehead atoms. The summed E-state index contributed by atoms with van der Waals surface area (Å²) in [6.45, 7) is 0. The Hall–Kier alpha value is -2.48. The van der Waals surface area contributed by atoms with Gasteiger partial charge in [-0.2, -0.15) is 0 Å². The van der Waals surface area contributed by atoms with Crippen LogP contribution in [0.1, 0.15) is 10.4 Å². The molecule has 2 heteroatoms. The minimum Gasteiger partial charge on any atom is -0.298 e. The molecule has 0 aliphatic heterocycles. The van der Waals surface area contributed by atoms with E-state index in [9.17, 15) is 9.18 Å². The zero-order valence-corrected chi connectivity index (χ0v) is 10.1. The van der Waals surface area contributed by atoms with Gasteiger partial charge < -0.3 is 0 Å². The maximum absolute atomic E-state index is 13.5. The van der Waals surface area contributed by atoms with E-state index in [0.29, 0.717) is 17.4 Å². The van der Waals surface area contributed by atoms with Crippen LogP contribution in [0.5, 0.6) is 0 Å². The van der Waals surface area contributed by atoms with Gasteiger partial charge in [-0.1, -0.05) is 36.4 Å². The molecular formula is C17H11FO. The molecule has 3 aromatic carbocycles. The third kappa shape index (κ3) is 2.25. The highest BCUT2D eigenvalue weighted by atomic mass is 19.1. The highest BCUT2D eigenvalue weighted by Gasteiger charge is 2.04. The third-order valence-electron chi connectivity index (χ3n) is 3.14. The van der Waals surface area contributed by atoms with Crippen LogP contribution in [0.4, 0.5) is 4.39 Å². The Balaban J connectivity index is 2.18. The zero-order chi connectivity index (χ0) is 13.2. The van der Waals surface area contributed by atoms with Crippen LogP contribution < -0.4 is 0 Å². The van der Waals surface area contributed by atoms with Gasteiger partial charge in [-0.15, -0.1) is 0 Å². The monoisotopic (exact) mass is 250 g/mol. The molecule has 0 atom stereocenters. The lowest BCUT2D eigenvalue weighted by Gasteiger charge is -2.05. The van der Waals surface area contributed by atoms with E-state index in [1.54, 1.807) is 6.07 Å². The van der Waals surface area contributed by atoms with Crippen molar-refractivity contribution in [2.75, 3.05) is 0 Å². The van der Waals surface area contributed by atoms with Gasteiger partial charge in [0.05, 0.1) is 0 Å². The Morgan fingerprint density at radius 1 is 0.789 bits per heavy atom. The van der Waals surface area contributed by atoms with E-state index in [1.165, 1.54) is 12.1 Å². The summed E-state index contributed by atoms with van der Waals surface area (Å²) in [6.07, 6.45) is 0.660. The molecule has 3 rings (SSSR count). The summed E-state index contributed by atoms with van der Waals surface area (Å²) in [4.78, 5) is 10.8. The second-order valence-electron chi connectivity index (χ2n) is 4.45. The van der Waals surface area contributed by atoms with Crippen LogP contribution in [0.3, 0.4) is 0 Å². The van der Waals surface area contributed by atoms with Crippen molar-refractivity contribution in [2.45, 2.75) is 0 Å². The number of hydrogen-bond acceptors (Lipinski definition) is 1. The highest BCUT2D eigenvalue weighted by Crippen LogP contribution is 2.25. The molecule has 0 aromatic heterocycles. The van der Waals surface area contributed by atoms with Crippen molar-refractivity contribution >= 4 is 17.1 Å². The fraction of sp³-hybridized carbons (Fsp3) is 0. The Labute approximate surface area is 110 Å². The van der Waals surface area contributed by atoms with E-state index >= 15 is 0 Å². The maximum Gasteiger partial charge on any atom is 0.150 e. The van der Waals surface area contributed by atoms with Crippen molar-refractivity contribution in [3.8, 4) is 11.1 Å². The van der Waals surface area contributed by atoms with Crippen molar-refractivity contribution in [3.63, 3.8) is 0 Å². The van der Waals surface area contributed by atoms with Gasteiger partial charge in [-0.25, -0.2) is 4.39 Å².